The molecule has 1 fully saturated rings. The summed E-state index contributed by atoms with van der Waals surface area (Å²) in [5, 5.41) is 13.1. The third kappa shape index (κ3) is 3.69. The van der Waals surface area contributed by atoms with E-state index in [9.17, 15) is 14.7 Å². The predicted octanol–water partition coefficient (Wildman–Crippen LogP) is 2.86. The number of carbonyl (C=O) groups is 2. The van der Waals surface area contributed by atoms with E-state index < -0.39 is 5.92 Å². The van der Waals surface area contributed by atoms with Crippen molar-refractivity contribution in [2.45, 2.75) is 39.5 Å². The summed E-state index contributed by atoms with van der Waals surface area (Å²) in [5.41, 5.74) is 3.75. The molecule has 29 heavy (non-hydrogen) atoms. The van der Waals surface area contributed by atoms with Crippen molar-refractivity contribution in [3.63, 3.8) is 0 Å². The second kappa shape index (κ2) is 7.34. The zero-order valence-corrected chi connectivity index (χ0v) is 17.2. The predicted molar refractivity (Wildman–Crippen MR) is 109 cm³/mol. The van der Waals surface area contributed by atoms with Crippen LogP contribution in [0, 0.1) is 5.41 Å². The Bertz CT molecular complexity index is 905. The Labute approximate surface area is 171 Å². The van der Waals surface area contributed by atoms with Gasteiger partial charge in [-0.05, 0) is 36.5 Å². The number of benzene rings is 1. The summed E-state index contributed by atoms with van der Waals surface area (Å²) in [6.45, 7) is 8.25. The molecule has 0 saturated carbocycles. The highest BCUT2D eigenvalue weighted by atomic mass is 16.5. The minimum Gasteiger partial charge on any atom is -0.508 e. The molecule has 154 valence electrons. The quantitative estimate of drug-likeness (QED) is 0.804. The number of Topliss-reactive ketones (excluding diaryl/α,β-unsaturated/α-hetero) is 1. The fourth-order valence-corrected chi connectivity index (χ4v) is 4.66. The first-order valence-corrected chi connectivity index (χ1v) is 10.2. The molecule has 2 N–H and O–H groups in total. The number of hydrogen-bond donors (Lipinski definition) is 2. The molecular formula is C23H28N2O4. The molecule has 0 aromatic heterocycles. The Balaban J connectivity index is 1.82. The van der Waals surface area contributed by atoms with Gasteiger partial charge in [-0.1, -0.05) is 26.0 Å². The van der Waals surface area contributed by atoms with Gasteiger partial charge in [-0.15, -0.1) is 0 Å². The summed E-state index contributed by atoms with van der Waals surface area (Å²) in [6.07, 6.45) is 1.22. The van der Waals surface area contributed by atoms with Gasteiger partial charge in [0.1, 0.15) is 5.75 Å². The van der Waals surface area contributed by atoms with Crippen LogP contribution in [-0.4, -0.2) is 48.0 Å². The number of ketones is 1. The average Bonchev–Trinajstić information content (AvgIpc) is 2.67. The van der Waals surface area contributed by atoms with Gasteiger partial charge < -0.3 is 20.1 Å². The number of nitrogens with one attached hydrogen (secondary N) is 1. The second-order valence-corrected chi connectivity index (χ2v) is 8.93. The summed E-state index contributed by atoms with van der Waals surface area (Å²) in [5.74, 6) is -0.234. The van der Waals surface area contributed by atoms with Gasteiger partial charge in [0.25, 0.3) is 5.91 Å². The zero-order chi connectivity index (χ0) is 20.8. The standard InChI is InChI=1S/C23H28N2O4/c1-14-19(22(28)25-8-10-29-11-9-25)20(15-4-6-16(26)7-5-15)21-17(24-14)12-23(2,3)13-18(21)27/h4-7,20,24,26H,8-13H2,1-3H3/t20-/m1/s1. The van der Waals surface area contributed by atoms with Crippen LogP contribution in [0.3, 0.4) is 0 Å². The number of nitrogens with zero attached hydrogens (tertiary/aromatic N) is 1. The number of phenolic OH excluding ortho intramolecular Hbond substituents is 1. The minimum absolute atomic E-state index is 0.0550. The van der Waals surface area contributed by atoms with Crippen LogP contribution < -0.4 is 5.32 Å². The topological polar surface area (TPSA) is 78.9 Å². The van der Waals surface area contributed by atoms with Crippen molar-refractivity contribution >= 4 is 11.7 Å². The van der Waals surface area contributed by atoms with E-state index in [0.717, 1.165) is 23.4 Å². The number of dihydropyridines is 1. The summed E-state index contributed by atoms with van der Waals surface area (Å²) in [6, 6.07) is 6.84. The highest BCUT2D eigenvalue weighted by molar-refractivity contribution is 6.05. The molecule has 1 aliphatic carbocycles. The SMILES string of the molecule is CC1=C(C(=O)N2CCOCC2)[C@@H](c2ccc(O)cc2)C2=C(CC(C)(C)CC2=O)N1. The van der Waals surface area contributed by atoms with Crippen molar-refractivity contribution in [2.75, 3.05) is 26.3 Å². The molecule has 1 aromatic rings. The number of amides is 1. The largest absolute Gasteiger partial charge is 0.508 e. The van der Waals surface area contributed by atoms with Gasteiger partial charge in [0.15, 0.2) is 5.78 Å². The summed E-state index contributed by atoms with van der Waals surface area (Å²) in [4.78, 5) is 28.5. The van der Waals surface area contributed by atoms with E-state index in [4.69, 9.17) is 4.74 Å². The fourth-order valence-electron chi connectivity index (χ4n) is 4.66. The van der Waals surface area contributed by atoms with E-state index in [0.29, 0.717) is 43.9 Å². The van der Waals surface area contributed by atoms with Crippen LogP contribution in [-0.2, 0) is 14.3 Å². The molecule has 6 nitrogen and oxygen atoms in total. The normalized spacial score (nSPS) is 24.3. The van der Waals surface area contributed by atoms with E-state index in [1.165, 1.54) is 0 Å². The van der Waals surface area contributed by atoms with Crippen LogP contribution in [0.2, 0.25) is 0 Å². The van der Waals surface area contributed by atoms with Crippen LogP contribution in [0.1, 0.15) is 45.1 Å². The van der Waals surface area contributed by atoms with Gasteiger partial charge >= 0.3 is 0 Å². The third-order valence-corrected chi connectivity index (χ3v) is 5.99. The Kier molecular flexibility index (Phi) is 4.99. The summed E-state index contributed by atoms with van der Waals surface area (Å²) >= 11 is 0. The van der Waals surface area contributed by atoms with E-state index in [2.05, 4.69) is 19.2 Å². The number of carbonyl (C=O) groups excluding carboxylic acids is 2. The lowest BCUT2D eigenvalue weighted by Gasteiger charge is -2.41. The molecule has 1 aromatic carbocycles. The minimum atomic E-state index is -0.425. The van der Waals surface area contributed by atoms with Gasteiger partial charge in [-0.25, -0.2) is 0 Å². The first kappa shape index (κ1) is 19.7. The highest BCUT2D eigenvalue weighted by Crippen LogP contribution is 2.47. The van der Waals surface area contributed by atoms with Gasteiger partial charge in [0.05, 0.1) is 13.2 Å². The Morgan fingerprint density at radius 1 is 1.17 bits per heavy atom. The molecule has 2 aliphatic heterocycles. The summed E-state index contributed by atoms with van der Waals surface area (Å²) < 4.78 is 5.40. The molecule has 2 heterocycles. The van der Waals surface area contributed by atoms with E-state index in [1.54, 1.807) is 17.0 Å². The maximum atomic E-state index is 13.5. The number of rotatable bonds is 2. The van der Waals surface area contributed by atoms with Gasteiger partial charge in [-0.3, -0.25) is 9.59 Å². The van der Waals surface area contributed by atoms with Crippen molar-refractivity contribution in [1.82, 2.24) is 10.2 Å². The first-order chi connectivity index (χ1) is 13.8. The molecule has 6 heteroatoms. The van der Waals surface area contributed by atoms with Crippen molar-refractivity contribution < 1.29 is 19.4 Å². The van der Waals surface area contributed by atoms with E-state index >= 15 is 0 Å². The molecule has 0 bridgehead atoms. The van der Waals surface area contributed by atoms with Crippen molar-refractivity contribution in [1.29, 1.82) is 0 Å². The van der Waals surface area contributed by atoms with Crippen molar-refractivity contribution in [3.05, 3.63) is 52.4 Å². The highest BCUT2D eigenvalue weighted by Gasteiger charge is 2.43. The van der Waals surface area contributed by atoms with Crippen LogP contribution in [0.25, 0.3) is 0 Å². The molecular weight excluding hydrogens is 368 g/mol. The molecule has 1 amide bonds. The monoisotopic (exact) mass is 396 g/mol. The molecule has 4 rings (SSSR count). The van der Waals surface area contributed by atoms with E-state index in [-0.39, 0.29) is 22.9 Å². The Hall–Kier alpha value is -2.60. The molecule has 1 saturated heterocycles. The second-order valence-electron chi connectivity index (χ2n) is 8.93. The summed E-state index contributed by atoms with van der Waals surface area (Å²) in [7, 11) is 0. The maximum absolute atomic E-state index is 13.5. The smallest absolute Gasteiger partial charge is 0.252 e. The van der Waals surface area contributed by atoms with Crippen molar-refractivity contribution in [2.24, 2.45) is 5.41 Å². The number of morpholine rings is 1. The van der Waals surface area contributed by atoms with Crippen LogP contribution in [0.4, 0.5) is 0 Å². The molecule has 3 aliphatic rings. The lowest BCUT2D eigenvalue weighted by Crippen LogP contribution is -2.45. The number of hydrogen-bond acceptors (Lipinski definition) is 5. The number of phenols is 1. The fraction of sp³-hybridized carbons (Fsp3) is 0.478. The van der Waals surface area contributed by atoms with Crippen LogP contribution in [0.15, 0.2) is 46.8 Å². The first-order valence-electron chi connectivity index (χ1n) is 10.2. The molecule has 0 radical (unpaired) electrons. The van der Waals surface area contributed by atoms with Crippen molar-refractivity contribution in [3.8, 4) is 5.75 Å². The van der Waals surface area contributed by atoms with Gasteiger partial charge in [0, 0.05) is 48.0 Å². The Morgan fingerprint density at radius 3 is 2.48 bits per heavy atom. The van der Waals surface area contributed by atoms with Crippen LogP contribution >= 0.6 is 0 Å². The van der Waals surface area contributed by atoms with Crippen LogP contribution in [0.5, 0.6) is 5.75 Å². The van der Waals surface area contributed by atoms with Gasteiger partial charge in [0.2, 0.25) is 0 Å². The number of aromatic hydroxyl groups is 1. The maximum Gasteiger partial charge on any atom is 0.252 e. The third-order valence-electron chi connectivity index (χ3n) is 5.99. The molecule has 0 spiro atoms. The van der Waals surface area contributed by atoms with Gasteiger partial charge in [-0.2, -0.15) is 0 Å². The zero-order valence-electron chi connectivity index (χ0n) is 17.2. The Morgan fingerprint density at radius 2 is 1.83 bits per heavy atom. The lowest BCUT2D eigenvalue weighted by molar-refractivity contribution is -0.131. The number of allylic oxidation sites excluding steroid dienone is 3. The number of ether oxygens (including phenoxy) is 1. The lowest BCUT2D eigenvalue weighted by atomic mass is 9.68. The average molecular weight is 396 g/mol. The molecule has 1 atom stereocenters. The van der Waals surface area contributed by atoms with E-state index in [1.807, 2.05) is 19.1 Å². The molecule has 0 unspecified atom stereocenters.